The Bertz CT molecular complexity index is 823. The van der Waals surface area contributed by atoms with E-state index in [1.807, 2.05) is 0 Å². The van der Waals surface area contributed by atoms with E-state index in [-0.39, 0.29) is 22.5 Å². The van der Waals surface area contributed by atoms with Gasteiger partial charge in [-0.3, -0.25) is 4.79 Å². The number of carboxylic acids is 1. The first-order valence-electron chi connectivity index (χ1n) is 7.17. The average Bonchev–Trinajstić information content (AvgIpc) is 2.52. The van der Waals surface area contributed by atoms with Gasteiger partial charge in [-0.15, -0.1) is 0 Å². The molecule has 0 unspecified atom stereocenters. The van der Waals surface area contributed by atoms with E-state index in [0.717, 1.165) is 18.2 Å². The van der Waals surface area contributed by atoms with Crippen LogP contribution in [0, 0.1) is 13.8 Å². The van der Waals surface area contributed by atoms with Gasteiger partial charge in [-0.2, -0.15) is 26.3 Å². The Morgan fingerprint density at radius 3 is 1.43 bits per heavy atom. The summed E-state index contributed by atoms with van der Waals surface area (Å²) >= 11 is 5.11. The molecule has 0 saturated carbocycles. The van der Waals surface area contributed by atoms with Crippen molar-refractivity contribution >= 4 is 22.8 Å². The van der Waals surface area contributed by atoms with Gasteiger partial charge >= 0.3 is 18.3 Å². The quantitative estimate of drug-likeness (QED) is 0.544. The molecule has 2 heterocycles. The minimum Gasteiger partial charge on any atom is -0.478 e. The summed E-state index contributed by atoms with van der Waals surface area (Å²) in [5.74, 6) is -1.29. The fourth-order valence-corrected chi connectivity index (χ4v) is 2.07. The van der Waals surface area contributed by atoms with E-state index in [9.17, 15) is 35.9 Å². The van der Waals surface area contributed by atoms with Crippen LogP contribution in [0.25, 0.3) is 0 Å². The summed E-state index contributed by atoms with van der Waals surface area (Å²) in [5.41, 5.74) is -2.53. The van der Waals surface area contributed by atoms with Gasteiger partial charge in [0, 0.05) is 0 Å². The summed E-state index contributed by atoms with van der Waals surface area (Å²) in [6.45, 7) is 2.52. The van der Waals surface area contributed by atoms with Crippen LogP contribution in [0.4, 0.5) is 26.3 Å². The van der Waals surface area contributed by atoms with E-state index in [0.29, 0.717) is 6.07 Å². The standard InChI is InChI=1S/C8H5ClF3NO.C8H6F3NO2/c1-4-5(7(9)14)2-3-6(13-4)8(10,11)12;1-4-5(7(13)14)2-3-6(12-4)8(9,10)11/h2-3H,1H3;2-3H,1H3,(H,13,14). The van der Waals surface area contributed by atoms with Crippen LogP contribution < -0.4 is 0 Å². The maximum absolute atomic E-state index is 12.1. The molecule has 0 bridgehead atoms. The number of aromatic carboxylic acids is 1. The monoisotopic (exact) mass is 428 g/mol. The lowest BCUT2D eigenvalue weighted by Crippen LogP contribution is -2.11. The molecule has 0 atom stereocenters. The number of pyridine rings is 2. The summed E-state index contributed by atoms with van der Waals surface area (Å²) in [5, 5.41) is 7.72. The molecule has 2 rings (SSSR count). The highest BCUT2D eigenvalue weighted by molar-refractivity contribution is 6.67. The predicted molar refractivity (Wildman–Crippen MR) is 85.1 cm³/mol. The van der Waals surface area contributed by atoms with Crippen molar-refractivity contribution in [3.8, 4) is 0 Å². The zero-order valence-electron chi connectivity index (χ0n) is 14.1. The van der Waals surface area contributed by atoms with Crippen LogP contribution >= 0.6 is 11.6 Å². The molecule has 0 fully saturated rings. The molecule has 28 heavy (non-hydrogen) atoms. The Balaban J connectivity index is 0.000000280. The Hall–Kier alpha value is -2.69. The Labute approximate surface area is 159 Å². The molecule has 2 aromatic rings. The minimum atomic E-state index is -4.54. The van der Waals surface area contributed by atoms with Crippen molar-refractivity contribution in [2.75, 3.05) is 0 Å². The number of carbonyl (C=O) groups excluding carboxylic acids is 1. The van der Waals surface area contributed by atoms with Crippen LogP contribution in [0.15, 0.2) is 24.3 Å². The molecular formula is C16H11ClF6N2O3. The number of carboxylic acid groups (broad SMARTS) is 1. The molecule has 0 saturated heterocycles. The van der Waals surface area contributed by atoms with E-state index in [1.165, 1.54) is 13.8 Å². The fraction of sp³-hybridized carbons (Fsp3) is 0.250. The first-order valence-corrected chi connectivity index (χ1v) is 7.55. The highest BCUT2D eigenvalue weighted by Gasteiger charge is 2.33. The highest BCUT2D eigenvalue weighted by Crippen LogP contribution is 2.29. The van der Waals surface area contributed by atoms with Crippen LogP contribution in [-0.4, -0.2) is 26.3 Å². The maximum atomic E-state index is 12.1. The number of aromatic nitrogens is 2. The second-order valence-corrected chi connectivity index (χ2v) is 5.58. The second-order valence-electron chi connectivity index (χ2n) is 5.23. The van der Waals surface area contributed by atoms with Crippen molar-refractivity contribution in [3.63, 3.8) is 0 Å². The topological polar surface area (TPSA) is 80.2 Å². The first kappa shape index (κ1) is 23.3. The highest BCUT2D eigenvalue weighted by atomic mass is 35.5. The molecule has 12 heteroatoms. The molecule has 0 aliphatic rings. The van der Waals surface area contributed by atoms with Gasteiger partial charge in [0.2, 0.25) is 0 Å². The third-order valence-corrected chi connectivity index (χ3v) is 3.40. The van der Waals surface area contributed by atoms with Gasteiger partial charge in [-0.1, -0.05) is 0 Å². The number of aryl methyl sites for hydroxylation is 2. The molecule has 1 N–H and O–H groups in total. The second kappa shape index (κ2) is 8.55. The molecule has 0 amide bonds. The van der Waals surface area contributed by atoms with Crippen molar-refractivity contribution in [1.82, 2.24) is 9.97 Å². The molecule has 5 nitrogen and oxygen atoms in total. The molecule has 0 aliphatic heterocycles. The lowest BCUT2D eigenvalue weighted by molar-refractivity contribution is -0.142. The van der Waals surface area contributed by atoms with E-state index in [1.54, 1.807) is 0 Å². The molecule has 0 spiro atoms. The Kier molecular flexibility index (Phi) is 7.13. The smallest absolute Gasteiger partial charge is 0.433 e. The van der Waals surface area contributed by atoms with Crippen molar-refractivity contribution < 1.29 is 41.0 Å². The molecule has 152 valence electrons. The number of nitrogens with zero attached hydrogens (tertiary/aromatic N) is 2. The Morgan fingerprint density at radius 2 is 1.18 bits per heavy atom. The number of rotatable bonds is 2. The van der Waals surface area contributed by atoms with Crippen molar-refractivity contribution in [1.29, 1.82) is 0 Å². The fourth-order valence-electron chi connectivity index (χ4n) is 1.87. The average molecular weight is 429 g/mol. The Morgan fingerprint density at radius 1 is 0.821 bits per heavy atom. The number of hydrogen-bond donors (Lipinski definition) is 1. The normalized spacial score (nSPS) is 11.5. The first-order chi connectivity index (χ1) is 12.6. The van der Waals surface area contributed by atoms with Gasteiger partial charge in [0.15, 0.2) is 0 Å². The zero-order valence-corrected chi connectivity index (χ0v) is 14.9. The van der Waals surface area contributed by atoms with Crippen molar-refractivity contribution in [3.05, 3.63) is 58.2 Å². The van der Waals surface area contributed by atoms with Crippen molar-refractivity contribution in [2.24, 2.45) is 0 Å². The largest absolute Gasteiger partial charge is 0.478 e. The van der Waals surface area contributed by atoms with Crippen LogP contribution in [-0.2, 0) is 12.4 Å². The van der Waals surface area contributed by atoms with Gasteiger partial charge < -0.3 is 5.11 Å². The third-order valence-electron chi connectivity index (χ3n) is 3.19. The number of alkyl halides is 6. The van der Waals surface area contributed by atoms with Gasteiger partial charge in [-0.05, 0) is 49.7 Å². The summed E-state index contributed by atoms with van der Waals surface area (Å²) in [7, 11) is 0. The molecule has 0 aromatic carbocycles. The lowest BCUT2D eigenvalue weighted by Gasteiger charge is -2.07. The molecule has 0 radical (unpaired) electrons. The summed E-state index contributed by atoms with van der Waals surface area (Å²) in [6.07, 6.45) is -9.04. The van der Waals surface area contributed by atoms with Crippen LogP contribution in [0.1, 0.15) is 43.5 Å². The number of halogens is 7. The maximum Gasteiger partial charge on any atom is 0.433 e. The van der Waals surface area contributed by atoms with Gasteiger partial charge in [0.05, 0.1) is 22.5 Å². The lowest BCUT2D eigenvalue weighted by atomic mass is 10.2. The van der Waals surface area contributed by atoms with Gasteiger partial charge in [0.25, 0.3) is 5.24 Å². The molecule has 2 aromatic heterocycles. The van der Waals surface area contributed by atoms with Crippen molar-refractivity contribution in [2.45, 2.75) is 26.2 Å². The summed E-state index contributed by atoms with van der Waals surface area (Å²) in [4.78, 5) is 27.5. The molecular weight excluding hydrogens is 418 g/mol. The zero-order chi connectivity index (χ0) is 21.9. The number of hydrogen-bond acceptors (Lipinski definition) is 4. The van der Waals surface area contributed by atoms with Gasteiger partial charge in [-0.25, -0.2) is 14.8 Å². The summed E-state index contributed by atoms with van der Waals surface area (Å²) < 4.78 is 72.6. The third kappa shape index (κ3) is 6.19. The number of carbonyl (C=O) groups is 2. The van der Waals surface area contributed by atoms with E-state index in [2.05, 4.69) is 9.97 Å². The van der Waals surface area contributed by atoms with Crippen LogP contribution in [0.5, 0.6) is 0 Å². The van der Waals surface area contributed by atoms with Crippen LogP contribution in [0.2, 0.25) is 0 Å². The van der Waals surface area contributed by atoms with Gasteiger partial charge in [0.1, 0.15) is 11.4 Å². The molecule has 0 aliphatic carbocycles. The van der Waals surface area contributed by atoms with Crippen LogP contribution in [0.3, 0.4) is 0 Å². The van der Waals surface area contributed by atoms with E-state index >= 15 is 0 Å². The van der Waals surface area contributed by atoms with E-state index < -0.39 is 35.0 Å². The van der Waals surface area contributed by atoms with E-state index in [4.69, 9.17) is 16.7 Å². The summed E-state index contributed by atoms with van der Waals surface area (Å²) in [6, 6.07) is 3.28. The SMILES string of the molecule is Cc1nc(C(F)(F)F)ccc1C(=O)Cl.Cc1nc(C(F)(F)F)ccc1C(=O)O. The minimum absolute atomic E-state index is 0.0142. The predicted octanol–water partition coefficient (Wildman–Crippen LogP) is 4.89.